The van der Waals surface area contributed by atoms with Crippen molar-refractivity contribution in [3.8, 4) is 0 Å². The molecule has 3 fully saturated rings. The lowest BCUT2D eigenvalue weighted by Crippen LogP contribution is -2.54. The lowest BCUT2D eigenvalue weighted by Gasteiger charge is -2.49. The topological polar surface area (TPSA) is 125 Å². The van der Waals surface area contributed by atoms with Gasteiger partial charge in [0.2, 0.25) is 5.95 Å². The number of rotatable bonds is 5. The Morgan fingerprint density at radius 1 is 1.06 bits per heavy atom. The third-order valence-corrected chi connectivity index (χ3v) is 6.35. The number of likely N-dealkylation sites (tertiary alicyclic amines) is 1. The monoisotopic (exact) mass is 530 g/mol. The molecule has 36 heavy (non-hydrogen) atoms. The summed E-state index contributed by atoms with van der Waals surface area (Å²) in [6.07, 6.45) is 1.65. The number of hydrogen-bond acceptors (Lipinski definition) is 7. The number of piperidine rings is 1. The maximum absolute atomic E-state index is 10.6. The summed E-state index contributed by atoms with van der Waals surface area (Å²) in [5.41, 5.74) is 0.343. The van der Waals surface area contributed by atoms with Crippen molar-refractivity contribution < 1.29 is 50.9 Å². The van der Waals surface area contributed by atoms with Crippen LogP contribution in [0.2, 0.25) is 0 Å². The van der Waals surface area contributed by atoms with Gasteiger partial charge >= 0.3 is 24.3 Å². The lowest BCUT2D eigenvalue weighted by atomic mass is 9.72. The number of carboxylic acids is 2. The van der Waals surface area contributed by atoms with E-state index < -0.39 is 24.3 Å². The Morgan fingerprint density at radius 3 is 2.08 bits per heavy atom. The van der Waals surface area contributed by atoms with Gasteiger partial charge in [-0.15, -0.1) is 0 Å². The van der Waals surface area contributed by atoms with Crippen molar-refractivity contribution in [2.24, 2.45) is 5.41 Å². The fraction of sp³-hybridized carbons (Fsp3) is 0.714. The Kier molecular flexibility index (Phi) is 10.3. The number of carbonyl (C=O) groups is 2. The van der Waals surface area contributed by atoms with E-state index in [1.807, 2.05) is 6.07 Å². The molecule has 0 bridgehead atoms. The van der Waals surface area contributed by atoms with Crippen LogP contribution in [-0.2, 0) is 14.3 Å². The number of aromatic nitrogens is 2. The molecular formula is C21H28F6N4O5. The van der Waals surface area contributed by atoms with Gasteiger partial charge in [0, 0.05) is 50.1 Å². The number of fused-ring (bicyclic) bond motifs is 1. The molecule has 4 rings (SSSR count). The van der Waals surface area contributed by atoms with Gasteiger partial charge in [0.05, 0.1) is 6.10 Å². The number of carboxylic acid groups (broad SMARTS) is 2. The summed E-state index contributed by atoms with van der Waals surface area (Å²) in [5.74, 6) is -4.78. The maximum atomic E-state index is 10.6. The van der Waals surface area contributed by atoms with Gasteiger partial charge in [-0.3, -0.25) is 4.90 Å². The molecular weight excluding hydrogens is 502 g/mol. The van der Waals surface area contributed by atoms with Crippen LogP contribution in [0, 0.1) is 5.41 Å². The maximum Gasteiger partial charge on any atom is 0.490 e. The van der Waals surface area contributed by atoms with Crippen molar-refractivity contribution in [3.63, 3.8) is 0 Å². The smallest absolute Gasteiger partial charge is 0.475 e. The van der Waals surface area contributed by atoms with Crippen LogP contribution in [0.25, 0.3) is 0 Å². The van der Waals surface area contributed by atoms with E-state index in [1.54, 1.807) is 12.4 Å². The average Bonchev–Trinajstić information content (AvgIpc) is 3.16. The molecule has 0 radical (unpaired) electrons. The van der Waals surface area contributed by atoms with E-state index in [2.05, 4.69) is 20.2 Å². The Morgan fingerprint density at radius 2 is 1.61 bits per heavy atom. The molecule has 1 saturated carbocycles. The molecule has 0 amide bonds. The molecule has 1 aliphatic carbocycles. The summed E-state index contributed by atoms with van der Waals surface area (Å²) in [7, 11) is 0. The Balaban J connectivity index is 0.000000271. The first-order valence-electron chi connectivity index (χ1n) is 11.2. The number of halogens is 6. The molecule has 3 aliphatic rings. The summed E-state index contributed by atoms with van der Waals surface area (Å²) in [6, 6.07) is 2.70. The van der Waals surface area contributed by atoms with Gasteiger partial charge in [-0.1, -0.05) is 6.42 Å². The minimum absolute atomic E-state index is 0.343. The predicted molar refractivity (Wildman–Crippen MR) is 113 cm³/mol. The predicted octanol–water partition coefficient (Wildman–Crippen LogP) is 3.58. The Hall–Kier alpha value is -2.68. The van der Waals surface area contributed by atoms with E-state index in [0.29, 0.717) is 11.5 Å². The highest BCUT2D eigenvalue weighted by atomic mass is 19.4. The van der Waals surface area contributed by atoms with E-state index in [0.717, 1.165) is 31.6 Å². The Bertz CT molecular complexity index is 829. The third kappa shape index (κ3) is 8.76. The number of nitrogens with zero attached hydrogens (tertiary/aromatic N) is 3. The molecule has 2 saturated heterocycles. The minimum Gasteiger partial charge on any atom is -0.475 e. The molecule has 1 aromatic rings. The van der Waals surface area contributed by atoms with Gasteiger partial charge in [0.15, 0.2) is 0 Å². The van der Waals surface area contributed by atoms with Gasteiger partial charge < -0.3 is 20.3 Å². The van der Waals surface area contributed by atoms with Crippen molar-refractivity contribution in [2.45, 2.75) is 63.0 Å². The van der Waals surface area contributed by atoms with Gasteiger partial charge in [-0.25, -0.2) is 19.6 Å². The molecule has 3 heterocycles. The number of ether oxygens (including phenoxy) is 1. The molecule has 0 spiro atoms. The number of hydrogen-bond donors (Lipinski definition) is 3. The van der Waals surface area contributed by atoms with Crippen LogP contribution in [-0.4, -0.2) is 87.8 Å². The average molecular weight is 530 g/mol. The van der Waals surface area contributed by atoms with Crippen molar-refractivity contribution in [1.82, 2.24) is 14.9 Å². The second kappa shape index (κ2) is 12.5. The van der Waals surface area contributed by atoms with Crippen LogP contribution in [0.4, 0.5) is 32.3 Å². The SMILES string of the molecule is O=C(O)C(F)(F)F.O=C(O)C(F)(F)F.c1cnc(NCC[C@@]23CCO[C@@H]2CCN(C2CCC2)C3)nc1. The van der Waals surface area contributed by atoms with E-state index in [1.165, 1.54) is 45.2 Å². The number of aliphatic carboxylic acids is 2. The number of alkyl halides is 6. The van der Waals surface area contributed by atoms with Gasteiger partial charge in [-0.05, 0) is 38.2 Å². The highest BCUT2D eigenvalue weighted by Crippen LogP contribution is 2.45. The second-order valence-corrected chi connectivity index (χ2v) is 8.67. The van der Waals surface area contributed by atoms with Crippen LogP contribution < -0.4 is 5.32 Å². The van der Waals surface area contributed by atoms with Crippen molar-refractivity contribution in [2.75, 3.05) is 31.6 Å². The quantitative estimate of drug-likeness (QED) is 0.490. The van der Waals surface area contributed by atoms with Crippen molar-refractivity contribution in [3.05, 3.63) is 18.5 Å². The lowest BCUT2D eigenvalue weighted by molar-refractivity contribution is -0.193. The normalized spacial score (nSPS) is 24.2. The molecule has 2 aliphatic heterocycles. The van der Waals surface area contributed by atoms with E-state index in [9.17, 15) is 26.3 Å². The zero-order chi connectivity index (χ0) is 27.0. The van der Waals surface area contributed by atoms with Crippen LogP contribution in [0.15, 0.2) is 18.5 Å². The first-order chi connectivity index (χ1) is 16.7. The summed E-state index contributed by atoms with van der Waals surface area (Å²) in [5, 5.41) is 17.6. The zero-order valence-electron chi connectivity index (χ0n) is 19.2. The molecule has 9 nitrogen and oxygen atoms in total. The molecule has 3 N–H and O–H groups in total. The molecule has 204 valence electrons. The molecule has 1 aromatic heterocycles. The fourth-order valence-corrected chi connectivity index (χ4v) is 4.32. The second-order valence-electron chi connectivity index (χ2n) is 8.67. The van der Waals surface area contributed by atoms with E-state index >= 15 is 0 Å². The first-order valence-corrected chi connectivity index (χ1v) is 11.2. The summed E-state index contributed by atoms with van der Waals surface area (Å²) in [6.45, 7) is 4.32. The largest absolute Gasteiger partial charge is 0.490 e. The van der Waals surface area contributed by atoms with E-state index in [-0.39, 0.29) is 0 Å². The fourth-order valence-electron chi connectivity index (χ4n) is 4.32. The summed E-state index contributed by atoms with van der Waals surface area (Å²) < 4.78 is 69.5. The Labute approximate surface area is 202 Å². The van der Waals surface area contributed by atoms with Crippen LogP contribution >= 0.6 is 0 Å². The van der Waals surface area contributed by atoms with Crippen LogP contribution in [0.5, 0.6) is 0 Å². The molecule has 15 heteroatoms. The van der Waals surface area contributed by atoms with Gasteiger partial charge in [0.25, 0.3) is 0 Å². The van der Waals surface area contributed by atoms with Gasteiger partial charge in [0.1, 0.15) is 0 Å². The third-order valence-electron chi connectivity index (χ3n) is 6.35. The van der Waals surface area contributed by atoms with Crippen molar-refractivity contribution >= 4 is 17.9 Å². The summed E-state index contributed by atoms with van der Waals surface area (Å²) in [4.78, 5) is 29.0. The van der Waals surface area contributed by atoms with Crippen LogP contribution in [0.1, 0.15) is 38.5 Å². The van der Waals surface area contributed by atoms with Crippen molar-refractivity contribution in [1.29, 1.82) is 0 Å². The molecule has 0 aromatic carbocycles. The van der Waals surface area contributed by atoms with Crippen LogP contribution in [0.3, 0.4) is 0 Å². The standard InChI is InChI=1S/C17H26N4O.2C2HF3O2/c1-3-14(4-1)21-11-5-15-17(13-21,7-12-22-15)6-10-20-16-18-8-2-9-19-16;2*3-2(4,5)1(6)7/h2,8-9,14-15H,1,3-7,10-13H2,(H,18,19,20);2*(H,6,7)/t15-,17+;;/m1../s1. The van der Waals surface area contributed by atoms with Gasteiger partial charge in [-0.2, -0.15) is 26.3 Å². The highest BCUT2D eigenvalue weighted by molar-refractivity contribution is 5.73. The highest BCUT2D eigenvalue weighted by Gasteiger charge is 2.48. The number of anilines is 1. The molecule has 2 atom stereocenters. The first kappa shape index (κ1) is 29.5. The molecule has 0 unspecified atom stereocenters. The summed E-state index contributed by atoms with van der Waals surface area (Å²) >= 11 is 0. The minimum atomic E-state index is -5.08. The van der Waals surface area contributed by atoms with E-state index in [4.69, 9.17) is 24.5 Å². The zero-order valence-corrected chi connectivity index (χ0v) is 19.2. The number of nitrogens with one attached hydrogen (secondary N) is 1.